The molecule has 1 aromatic rings. The number of benzene rings is 1. The van der Waals surface area contributed by atoms with Crippen LogP contribution in [-0.2, 0) is 0 Å². The number of rotatable bonds is 3. The molecule has 0 radical (unpaired) electrons. The average Bonchev–Trinajstić information content (AvgIpc) is 2.23. The molecule has 1 saturated heterocycles. The molecule has 0 aliphatic carbocycles. The summed E-state index contributed by atoms with van der Waals surface area (Å²) >= 11 is 0. The van der Waals surface area contributed by atoms with Crippen molar-refractivity contribution in [3.63, 3.8) is 0 Å². The van der Waals surface area contributed by atoms with E-state index in [4.69, 9.17) is 0 Å². The molecule has 92 valence electrons. The van der Waals surface area contributed by atoms with Gasteiger partial charge >= 0.3 is 0 Å². The van der Waals surface area contributed by atoms with Gasteiger partial charge in [0, 0.05) is 30.9 Å². The molecule has 1 heterocycles. The predicted octanol–water partition coefficient (Wildman–Crippen LogP) is 1.86. The first kappa shape index (κ1) is 11.9. The highest BCUT2D eigenvalue weighted by atomic mass is 16.6. The normalized spacial score (nSPS) is 17.7. The molecule has 0 unspecified atom stereocenters. The third kappa shape index (κ3) is 2.24. The molecule has 1 fully saturated rings. The van der Waals surface area contributed by atoms with Gasteiger partial charge in [0.2, 0.25) is 0 Å². The van der Waals surface area contributed by atoms with Gasteiger partial charge in [0.05, 0.1) is 10.5 Å². The number of aryl methyl sites for hydroxylation is 1. The molecule has 1 N–H and O–H groups in total. The Balaban J connectivity index is 2.21. The van der Waals surface area contributed by atoms with Gasteiger partial charge in [-0.05, 0) is 25.0 Å². The molecule has 1 aromatic carbocycles. The van der Waals surface area contributed by atoms with Crippen molar-refractivity contribution < 1.29 is 10.0 Å². The first-order valence-corrected chi connectivity index (χ1v) is 5.67. The number of nitro groups is 1. The molecule has 0 bridgehead atoms. The summed E-state index contributed by atoms with van der Waals surface area (Å²) in [6.45, 7) is 4.87. The maximum absolute atomic E-state index is 10.8. The maximum atomic E-state index is 10.8. The summed E-state index contributed by atoms with van der Waals surface area (Å²) in [4.78, 5) is 12.3. The van der Waals surface area contributed by atoms with Crippen LogP contribution in [0.15, 0.2) is 18.2 Å². The number of non-ortho nitro benzene ring substituents is 1. The SMILES string of the molecule is CCC1(O)CN(c2cc(C)cc([N+](=O)[O-])c2)C1. The van der Waals surface area contributed by atoms with Crippen LogP contribution < -0.4 is 4.90 Å². The number of nitrogens with zero attached hydrogens (tertiary/aromatic N) is 2. The van der Waals surface area contributed by atoms with Crippen molar-refractivity contribution in [1.82, 2.24) is 0 Å². The van der Waals surface area contributed by atoms with Crippen molar-refractivity contribution in [2.24, 2.45) is 0 Å². The van der Waals surface area contributed by atoms with Crippen molar-refractivity contribution in [2.45, 2.75) is 25.9 Å². The molecular formula is C12H16N2O3. The average molecular weight is 236 g/mol. The Hall–Kier alpha value is -1.62. The Morgan fingerprint density at radius 1 is 1.47 bits per heavy atom. The molecule has 5 nitrogen and oxygen atoms in total. The highest BCUT2D eigenvalue weighted by molar-refractivity contribution is 5.58. The standard InChI is InChI=1S/C12H16N2O3/c1-3-12(15)7-13(8-12)10-4-9(2)5-11(6-10)14(16)17/h4-6,15H,3,7-8H2,1-2H3. The van der Waals surface area contributed by atoms with Crippen LogP contribution in [-0.4, -0.2) is 28.7 Å². The van der Waals surface area contributed by atoms with Gasteiger partial charge in [-0.1, -0.05) is 6.92 Å². The molecule has 0 saturated carbocycles. The Kier molecular flexibility index (Phi) is 2.79. The van der Waals surface area contributed by atoms with Gasteiger partial charge in [-0.3, -0.25) is 10.1 Å². The number of β-amino-alcohol motifs (C(OH)–C–C–N with tert-alkyl or cyclic N) is 1. The fourth-order valence-corrected chi connectivity index (χ4v) is 2.10. The topological polar surface area (TPSA) is 66.6 Å². The first-order valence-electron chi connectivity index (χ1n) is 5.67. The minimum atomic E-state index is -0.626. The van der Waals surface area contributed by atoms with Crippen molar-refractivity contribution >= 4 is 11.4 Å². The van der Waals surface area contributed by atoms with Gasteiger partial charge in [-0.25, -0.2) is 0 Å². The predicted molar refractivity (Wildman–Crippen MR) is 65.3 cm³/mol. The van der Waals surface area contributed by atoms with Gasteiger partial charge in [0.25, 0.3) is 5.69 Å². The summed E-state index contributed by atoms with van der Waals surface area (Å²) in [6, 6.07) is 5.01. The smallest absolute Gasteiger partial charge is 0.271 e. The van der Waals surface area contributed by atoms with Gasteiger partial charge in [0.15, 0.2) is 0 Å². The number of anilines is 1. The Morgan fingerprint density at radius 3 is 2.65 bits per heavy atom. The van der Waals surface area contributed by atoms with Crippen molar-refractivity contribution in [3.05, 3.63) is 33.9 Å². The van der Waals surface area contributed by atoms with E-state index >= 15 is 0 Å². The van der Waals surface area contributed by atoms with E-state index in [-0.39, 0.29) is 10.6 Å². The summed E-state index contributed by atoms with van der Waals surface area (Å²) in [5.74, 6) is 0. The van der Waals surface area contributed by atoms with Crippen molar-refractivity contribution in [3.8, 4) is 0 Å². The Morgan fingerprint density at radius 2 is 2.12 bits per heavy atom. The summed E-state index contributed by atoms with van der Waals surface area (Å²) in [7, 11) is 0. The van der Waals surface area contributed by atoms with Crippen LogP contribution in [0, 0.1) is 17.0 Å². The van der Waals surface area contributed by atoms with E-state index < -0.39 is 5.60 Å². The molecule has 0 amide bonds. The van der Waals surface area contributed by atoms with Gasteiger partial charge in [-0.15, -0.1) is 0 Å². The van der Waals surface area contributed by atoms with E-state index in [9.17, 15) is 15.2 Å². The third-order valence-corrected chi connectivity index (χ3v) is 3.25. The summed E-state index contributed by atoms with van der Waals surface area (Å²) in [6.07, 6.45) is 0.706. The second-order valence-electron chi connectivity index (χ2n) is 4.72. The van der Waals surface area contributed by atoms with E-state index in [1.807, 2.05) is 24.8 Å². The van der Waals surface area contributed by atoms with Crippen LogP contribution in [0.4, 0.5) is 11.4 Å². The molecule has 1 aliphatic rings. The van der Waals surface area contributed by atoms with Crippen LogP contribution in [0.5, 0.6) is 0 Å². The second-order valence-corrected chi connectivity index (χ2v) is 4.72. The molecule has 17 heavy (non-hydrogen) atoms. The molecule has 0 spiro atoms. The molecule has 5 heteroatoms. The zero-order valence-corrected chi connectivity index (χ0v) is 10.0. The Bertz CT molecular complexity index is 453. The maximum Gasteiger partial charge on any atom is 0.271 e. The molecule has 0 aromatic heterocycles. The first-order chi connectivity index (χ1) is 7.93. The lowest BCUT2D eigenvalue weighted by molar-refractivity contribution is -0.384. The van der Waals surface area contributed by atoms with Crippen molar-refractivity contribution in [1.29, 1.82) is 0 Å². The van der Waals surface area contributed by atoms with Crippen LogP contribution in [0.1, 0.15) is 18.9 Å². The second kappa shape index (κ2) is 4.00. The van der Waals surface area contributed by atoms with Gasteiger partial charge < -0.3 is 10.0 Å². The van der Waals surface area contributed by atoms with Crippen LogP contribution in [0.2, 0.25) is 0 Å². The minimum absolute atomic E-state index is 0.104. The summed E-state index contributed by atoms with van der Waals surface area (Å²) in [5, 5.41) is 20.7. The highest BCUT2D eigenvalue weighted by Crippen LogP contribution is 2.32. The summed E-state index contributed by atoms with van der Waals surface area (Å²) in [5.41, 5.74) is 1.15. The van der Waals surface area contributed by atoms with Crippen LogP contribution in [0.3, 0.4) is 0 Å². The third-order valence-electron chi connectivity index (χ3n) is 3.25. The minimum Gasteiger partial charge on any atom is -0.386 e. The van der Waals surface area contributed by atoms with E-state index in [0.717, 1.165) is 11.3 Å². The number of aliphatic hydroxyl groups is 1. The molecule has 2 rings (SSSR count). The largest absolute Gasteiger partial charge is 0.386 e. The molecular weight excluding hydrogens is 220 g/mol. The van der Waals surface area contributed by atoms with E-state index in [0.29, 0.717) is 19.5 Å². The van der Waals surface area contributed by atoms with Crippen LogP contribution in [0.25, 0.3) is 0 Å². The lowest BCUT2D eigenvalue weighted by Crippen LogP contribution is -2.61. The fraction of sp³-hybridized carbons (Fsp3) is 0.500. The van der Waals surface area contributed by atoms with Gasteiger partial charge in [-0.2, -0.15) is 0 Å². The number of hydrogen-bond donors (Lipinski definition) is 1. The zero-order chi connectivity index (χ0) is 12.6. The van der Waals surface area contributed by atoms with Crippen LogP contribution >= 0.6 is 0 Å². The fourth-order valence-electron chi connectivity index (χ4n) is 2.10. The van der Waals surface area contributed by atoms with E-state index in [1.54, 1.807) is 12.1 Å². The van der Waals surface area contributed by atoms with E-state index in [2.05, 4.69) is 0 Å². The molecule has 1 aliphatic heterocycles. The quantitative estimate of drug-likeness (QED) is 0.642. The van der Waals surface area contributed by atoms with Crippen molar-refractivity contribution in [2.75, 3.05) is 18.0 Å². The zero-order valence-electron chi connectivity index (χ0n) is 10.0. The lowest BCUT2D eigenvalue weighted by Gasteiger charge is -2.47. The summed E-state index contributed by atoms with van der Waals surface area (Å²) < 4.78 is 0. The van der Waals surface area contributed by atoms with Gasteiger partial charge in [0.1, 0.15) is 0 Å². The molecule has 0 atom stereocenters. The van der Waals surface area contributed by atoms with E-state index in [1.165, 1.54) is 0 Å². The number of nitro benzene ring substituents is 1. The number of hydrogen-bond acceptors (Lipinski definition) is 4. The monoisotopic (exact) mass is 236 g/mol. The Labute approximate surface area is 99.8 Å². The highest BCUT2D eigenvalue weighted by Gasteiger charge is 2.39. The lowest BCUT2D eigenvalue weighted by atomic mass is 9.90.